The number of ketones is 1. The van der Waals surface area contributed by atoms with Gasteiger partial charge < -0.3 is 5.32 Å². The normalized spacial score (nSPS) is 10.2. The number of hydrogen-bond donors (Lipinski definition) is 2. The minimum Gasteiger partial charge on any atom is -0.351 e. The largest absolute Gasteiger partial charge is 0.351 e. The van der Waals surface area contributed by atoms with Gasteiger partial charge in [-0.3, -0.25) is 9.59 Å². The van der Waals surface area contributed by atoms with Crippen LogP contribution in [-0.4, -0.2) is 17.6 Å². The van der Waals surface area contributed by atoms with Crippen LogP contribution in [-0.2, 0) is 11.3 Å². The maximum atomic E-state index is 11.8. The van der Waals surface area contributed by atoms with Gasteiger partial charge in [0.2, 0.25) is 5.91 Å². The van der Waals surface area contributed by atoms with Crippen molar-refractivity contribution in [1.29, 1.82) is 0 Å². The van der Waals surface area contributed by atoms with Crippen LogP contribution in [0, 0.1) is 6.92 Å². The Kier molecular flexibility index (Phi) is 5.69. The number of rotatable bonds is 5. The maximum absolute atomic E-state index is 11.8. The first kappa shape index (κ1) is 15.1. The molecule has 0 saturated carbocycles. The summed E-state index contributed by atoms with van der Waals surface area (Å²) in [4.78, 5) is 23.5. The average Bonchev–Trinajstić information content (AvgIpc) is 2.37. The van der Waals surface area contributed by atoms with Crippen LogP contribution in [0.1, 0.15) is 34.8 Å². The zero-order valence-electron chi connectivity index (χ0n) is 10.4. The topological polar surface area (TPSA) is 46.2 Å². The minimum atomic E-state index is -0.241. The number of nitrogens with one attached hydrogen (secondary N) is 1. The van der Waals surface area contributed by atoms with Gasteiger partial charge in [0.25, 0.3) is 0 Å². The second kappa shape index (κ2) is 6.81. The van der Waals surface area contributed by atoms with E-state index < -0.39 is 0 Å². The standard InChI is InChI=1S/C13H16ClNO2S/c1-3-11(16)10-5-8(2)4-9(13(10)18)7-15-12(17)6-14/h4-5,18H,3,6-7H2,1-2H3,(H,15,17). The maximum Gasteiger partial charge on any atom is 0.235 e. The van der Waals surface area contributed by atoms with E-state index in [1.165, 1.54) is 0 Å². The van der Waals surface area contributed by atoms with Gasteiger partial charge in [-0.15, -0.1) is 24.2 Å². The highest BCUT2D eigenvalue weighted by Gasteiger charge is 2.12. The average molecular weight is 286 g/mol. The Morgan fingerprint density at radius 1 is 1.39 bits per heavy atom. The molecule has 0 saturated heterocycles. The van der Waals surface area contributed by atoms with Crippen LogP contribution in [0.5, 0.6) is 0 Å². The van der Waals surface area contributed by atoms with Crippen molar-refractivity contribution >= 4 is 35.9 Å². The molecule has 0 heterocycles. The van der Waals surface area contributed by atoms with Crippen molar-refractivity contribution in [3.8, 4) is 0 Å². The van der Waals surface area contributed by atoms with E-state index in [2.05, 4.69) is 17.9 Å². The lowest BCUT2D eigenvalue weighted by molar-refractivity contribution is -0.118. The van der Waals surface area contributed by atoms with Crippen LogP contribution in [0.2, 0.25) is 0 Å². The summed E-state index contributed by atoms with van der Waals surface area (Å²) in [5.74, 6) is -0.267. The van der Waals surface area contributed by atoms with Crippen molar-refractivity contribution < 1.29 is 9.59 Å². The fourth-order valence-corrected chi connectivity index (χ4v) is 2.06. The number of thiol groups is 1. The van der Waals surface area contributed by atoms with Crippen LogP contribution >= 0.6 is 24.2 Å². The summed E-state index contributed by atoms with van der Waals surface area (Å²) >= 11 is 9.79. The molecule has 5 heteroatoms. The third-order valence-electron chi connectivity index (χ3n) is 2.55. The van der Waals surface area contributed by atoms with E-state index in [9.17, 15) is 9.59 Å². The van der Waals surface area contributed by atoms with E-state index in [0.29, 0.717) is 23.4 Å². The Morgan fingerprint density at radius 3 is 2.61 bits per heavy atom. The van der Waals surface area contributed by atoms with Gasteiger partial charge in [0.05, 0.1) is 0 Å². The molecule has 0 aliphatic carbocycles. The number of aryl methyl sites for hydroxylation is 1. The van der Waals surface area contributed by atoms with Crippen molar-refractivity contribution in [3.63, 3.8) is 0 Å². The monoisotopic (exact) mass is 285 g/mol. The summed E-state index contributed by atoms with van der Waals surface area (Å²) in [6.07, 6.45) is 0.435. The Hall–Kier alpha value is -1.00. The van der Waals surface area contributed by atoms with Crippen LogP contribution in [0.25, 0.3) is 0 Å². The summed E-state index contributed by atoms with van der Waals surface area (Å²) in [7, 11) is 0. The van der Waals surface area contributed by atoms with Gasteiger partial charge in [-0.05, 0) is 24.1 Å². The van der Waals surface area contributed by atoms with Crippen molar-refractivity contribution in [2.45, 2.75) is 31.7 Å². The fraction of sp³-hybridized carbons (Fsp3) is 0.385. The highest BCUT2D eigenvalue weighted by Crippen LogP contribution is 2.23. The Morgan fingerprint density at radius 2 is 2.06 bits per heavy atom. The first-order valence-corrected chi connectivity index (χ1v) is 6.66. The van der Waals surface area contributed by atoms with E-state index >= 15 is 0 Å². The number of halogens is 1. The summed E-state index contributed by atoms with van der Waals surface area (Å²) in [6.45, 7) is 4.05. The molecule has 98 valence electrons. The molecule has 1 aromatic carbocycles. The van der Waals surface area contributed by atoms with Gasteiger partial charge in [-0.1, -0.05) is 13.0 Å². The number of amides is 1. The highest BCUT2D eigenvalue weighted by atomic mass is 35.5. The molecular formula is C13H16ClNO2S. The molecule has 0 bridgehead atoms. The van der Waals surface area contributed by atoms with Crippen LogP contribution < -0.4 is 5.32 Å². The SMILES string of the molecule is CCC(=O)c1cc(C)cc(CNC(=O)CCl)c1S. The van der Waals surface area contributed by atoms with Crippen LogP contribution in [0.3, 0.4) is 0 Å². The van der Waals surface area contributed by atoms with Crippen molar-refractivity contribution in [3.05, 3.63) is 28.8 Å². The highest BCUT2D eigenvalue weighted by molar-refractivity contribution is 7.80. The molecule has 0 atom stereocenters. The molecule has 0 aliphatic heterocycles. The van der Waals surface area contributed by atoms with E-state index in [1.807, 2.05) is 26.0 Å². The molecule has 1 rings (SSSR count). The quantitative estimate of drug-likeness (QED) is 0.496. The van der Waals surface area contributed by atoms with Gasteiger partial charge in [-0.2, -0.15) is 0 Å². The number of hydrogen-bond acceptors (Lipinski definition) is 3. The van der Waals surface area contributed by atoms with Crippen LogP contribution in [0.4, 0.5) is 0 Å². The molecule has 1 aromatic rings. The number of carbonyl (C=O) groups is 2. The predicted octanol–water partition coefficient (Wildman–Crippen LogP) is 2.73. The van der Waals surface area contributed by atoms with Gasteiger partial charge >= 0.3 is 0 Å². The van der Waals surface area contributed by atoms with E-state index in [1.54, 1.807) is 0 Å². The van der Waals surface area contributed by atoms with Crippen LogP contribution in [0.15, 0.2) is 17.0 Å². The number of benzene rings is 1. The second-order valence-corrected chi connectivity index (χ2v) is 4.72. The molecule has 0 aromatic heterocycles. The molecule has 0 unspecified atom stereocenters. The number of alkyl halides is 1. The van der Waals surface area contributed by atoms with Gasteiger partial charge in [0.15, 0.2) is 5.78 Å². The van der Waals surface area contributed by atoms with Gasteiger partial charge in [0.1, 0.15) is 5.88 Å². The molecule has 1 amide bonds. The minimum absolute atomic E-state index is 0.0496. The van der Waals surface area contributed by atoms with E-state index in [0.717, 1.165) is 11.1 Å². The molecule has 0 radical (unpaired) electrons. The molecular weight excluding hydrogens is 270 g/mol. The molecule has 0 fully saturated rings. The molecule has 0 aliphatic rings. The zero-order chi connectivity index (χ0) is 13.7. The number of Topliss-reactive ketones (excluding diaryl/α,β-unsaturated/α-hetero) is 1. The lowest BCUT2D eigenvalue weighted by Gasteiger charge is -2.12. The third kappa shape index (κ3) is 3.75. The lowest BCUT2D eigenvalue weighted by Crippen LogP contribution is -2.24. The molecule has 0 spiro atoms. The Labute approximate surface area is 117 Å². The fourth-order valence-electron chi connectivity index (χ4n) is 1.63. The second-order valence-electron chi connectivity index (χ2n) is 4.01. The van der Waals surface area contributed by atoms with Crippen molar-refractivity contribution in [2.24, 2.45) is 0 Å². The molecule has 1 N–H and O–H groups in total. The predicted molar refractivity (Wildman–Crippen MR) is 75.6 cm³/mol. The molecule has 3 nitrogen and oxygen atoms in total. The van der Waals surface area contributed by atoms with E-state index in [4.69, 9.17) is 11.6 Å². The van der Waals surface area contributed by atoms with Gasteiger partial charge in [0, 0.05) is 23.4 Å². The van der Waals surface area contributed by atoms with Crippen molar-refractivity contribution in [1.82, 2.24) is 5.32 Å². The van der Waals surface area contributed by atoms with Crippen molar-refractivity contribution in [2.75, 3.05) is 5.88 Å². The first-order valence-electron chi connectivity index (χ1n) is 5.68. The third-order valence-corrected chi connectivity index (χ3v) is 3.32. The summed E-state index contributed by atoms with van der Waals surface area (Å²) in [5, 5.41) is 2.67. The Balaban J connectivity index is 3.01. The Bertz CT molecular complexity index is 474. The summed E-state index contributed by atoms with van der Waals surface area (Å²) in [5.41, 5.74) is 2.41. The zero-order valence-corrected chi connectivity index (χ0v) is 12.1. The van der Waals surface area contributed by atoms with Gasteiger partial charge in [-0.25, -0.2) is 0 Å². The molecule has 18 heavy (non-hydrogen) atoms. The summed E-state index contributed by atoms with van der Waals surface area (Å²) < 4.78 is 0. The first-order chi connectivity index (χ1) is 8.49. The summed E-state index contributed by atoms with van der Waals surface area (Å²) in [6, 6.07) is 3.73. The van der Waals surface area contributed by atoms with E-state index in [-0.39, 0.29) is 17.6 Å². The smallest absolute Gasteiger partial charge is 0.235 e. The number of carbonyl (C=O) groups excluding carboxylic acids is 2. The lowest BCUT2D eigenvalue weighted by atomic mass is 10.0.